The minimum Gasteiger partial charge on any atom is -0.378 e. The Morgan fingerprint density at radius 1 is 1.00 bits per heavy atom. The smallest absolute Gasteiger partial charge is 0.296 e. The summed E-state index contributed by atoms with van der Waals surface area (Å²) in [5, 5.41) is 6.78. The number of amides is 2. The van der Waals surface area contributed by atoms with Gasteiger partial charge in [0.1, 0.15) is 0 Å². The van der Waals surface area contributed by atoms with Gasteiger partial charge in [-0.25, -0.2) is 0 Å². The van der Waals surface area contributed by atoms with Crippen molar-refractivity contribution in [3.8, 4) is 11.4 Å². The zero-order chi connectivity index (χ0) is 26.7. The molecule has 1 aliphatic heterocycles. The number of nitrogens with one attached hydrogen (secondary N) is 1. The number of nitrogens with zero attached hydrogens (tertiary/aromatic N) is 3. The van der Waals surface area contributed by atoms with E-state index in [-0.39, 0.29) is 24.1 Å². The molecule has 2 atom stereocenters. The number of aryl methyl sites for hydroxylation is 1. The third-order valence-electron chi connectivity index (χ3n) is 6.73. The van der Waals surface area contributed by atoms with Crippen molar-refractivity contribution in [3.63, 3.8) is 0 Å². The van der Waals surface area contributed by atoms with Gasteiger partial charge in [0, 0.05) is 31.0 Å². The minimum absolute atomic E-state index is 0.0723. The minimum atomic E-state index is -0.832. The first-order chi connectivity index (χ1) is 18.5. The summed E-state index contributed by atoms with van der Waals surface area (Å²) in [6.45, 7) is 3.85. The Bertz CT molecular complexity index is 1190. The molecule has 1 aliphatic rings. The number of benzene rings is 2. The van der Waals surface area contributed by atoms with Crippen LogP contribution in [0.3, 0.4) is 0 Å². The zero-order valence-electron chi connectivity index (χ0n) is 21.7. The van der Waals surface area contributed by atoms with Crippen LogP contribution in [-0.2, 0) is 20.7 Å². The maximum atomic E-state index is 13.4. The van der Waals surface area contributed by atoms with Gasteiger partial charge in [0.05, 0.1) is 19.3 Å². The number of hydrogen-bond acceptors (Lipinski definition) is 7. The lowest BCUT2D eigenvalue weighted by Gasteiger charge is -2.28. The van der Waals surface area contributed by atoms with Crippen LogP contribution in [0.5, 0.6) is 0 Å². The summed E-state index contributed by atoms with van der Waals surface area (Å²) in [6.07, 6.45) is 2.51. The van der Waals surface area contributed by atoms with Gasteiger partial charge in [-0.05, 0) is 31.2 Å². The average molecular weight is 519 g/mol. The lowest BCUT2D eigenvalue weighted by molar-refractivity contribution is -0.139. The molecule has 3 aromatic rings. The number of ether oxygens (including phenoxy) is 1. The average Bonchev–Trinajstić information content (AvgIpc) is 3.47. The predicted octanol–water partition coefficient (Wildman–Crippen LogP) is 3.70. The van der Waals surface area contributed by atoms with Crippen LogP contribution in [-0.4, -0.2) is 65.0 Å². The summed E-state index contributed by atoms with van der Waals surface area (Å²) in [5.41, 5.74) is 1.91. The predicted molar refractivity (Wildman–Crippen MR) is 141 cm³/mol. The third kappa shape index (κ3) is 7.35. The van der Waals surface area contributed by atoms with E-state index in [1.165, 1.54) is 5.56 Å². The third-order valence-corrected chi connectivity index (χ3v) is 6.73. The normalized spacial score (nSPS) is 15.0. The van der Waals surface area contributed by atoms with Gasteiger partial charge in [-0.3, -0.25) is 14.4 Å². The van der Waals surface area contributed by atoms with E-state index in [2.05, 4.69) is 15.5 Å². The van der Waals surface area contributed by atoms with Crippen LogP contribution in [0.25, 0.3) is 11.4 Å². The molecule has 9 nitrogen and oxygen atoms in total. The summed E-state index contributed by atoms with van der Waals surface area (Å²) in [4.78, 5) is 45.5. The highest BCUT2D eigenvalue weighted by Crippen LogP contribution is 2.19. The first-order valence-electron chi connectivity index (χ1n) is 13.2. The monoisotopic (exact) mass is 518 g/mol. The fourth-order valence-electron chi connectivity index (χ4n) is 4.50. The molecule has 1 unspecified atom stereocenters. The second kappa shape index (κ2) is 13.6. The van der Waals surface area contributed by atoms with Crippen LogP contribution >= 0.6 is 0 Å². The fourth-order valence-corrected chi connectivity index (χ4v) is 4.50. The molecule has 0 bridgehead atoms. The molecule has 0 aliphatic carbocycles. The molecule has 38 heavy (non-hydrogen) atoms. The molecule has 1 fully saturated rings. The number of carbonyl (C=O) groups is 3. The van der Waals surface area contributed by atoms with Crippen LogP contribution in [0.15, 0.2) is 65.2 Å². The van der Waals surface area contributed by atoms with Gasteiger partial charge in [0.25, 0.3) is 5.89 Å². The molecule has 1 N–H and O–H groups in total. The van der Waals surface area contributed by atoms with E-state index in [1.54, 1.807) is 11.8 Å². The number of ketones is 1. The largest absolute Gasteiger partial charge is 0.378 e. The number of aromatic nitrogens is 2. The van der Waals surface area contributed by atoms with Crippen molar-refractivity contribution in [2.24, 2.45) is 5.92 Å². The Morgan fingerprint density at radius 2 is 1.68 bits per heavy atom. The van der Waals surface area contributed by atoms with E-state index in [0.717, 1.165) is 18.4 Å². The van der Waals surface area contributed by atoms with Gasteiger partial charge in [0.2, 0.25) is 23.4 Å². The van der Waals surface area contributed by atoms with Gasteiger partial charge in [-0.2, -0.15) is 4.98 Å². The van der Waals surface area contributed by atoms with E-state index in [4.69, 9.17) is 9.26 Å². The molecule has 2 aromatic carbocycles. The molecule has 1 aromatic heterocycles. The summed E-state index contributed by atoms with van der Waals surface area (Å²) >= 11 is 0. The summed E-state index contributed by atoms with van der Waals surface area (Å²) in [5.74, 6) is -1.23. The first-order valence-corrected chi connectivity index (χ1v) is 13.2. The zero-order valence-corrected chi connectivity index (χ0v) is 21.7. The Morgan fingerprint density at radius 3 is 2.37 bits per heavy atom. The van der Waals surface area contributed by atoms with E-state index in [9.17, 15) is 14.4 Å². The molecule has 0 spiro atoms. The van der Waals surface area contributed by atoms with E-state index < -0.39 is 17.7 Å². The highest BCUT2D eigenvalue weighted by atomic mass is 16.5. The quantitative estimate of drug-likeness (QED) is 0.364. The molecule has 9 heteroatoms. The Labute approximate surface area is 222 Å². The van der Waals surface area contributed by atoms with Crippen LogP contribution in [0, 0.1) is 5.92 Å². The second-order valence-corrected chi connectivity index (χ2v) is 9.39. The van der Waals surface area contributed by atoms with E-state index in [0.29, 0.717) is 45.0 Å². The molecule has 2 heterocycles. The van der Waals surface area contributed by atoms with Crippen LogP contribution in [0.4, 0.5) is 0 Å². The SMILES string of the molecule is CC[C@H](NC(=O)C(CCCc1ccccc1)CC(=O)N1CCOCC1)C(=O)c1nc(-c2ccccc2)no1. The van der Waals surface area contributed by atoms with Gasteiger partial charge < -0.3 is 19.5 Å². The summed E-state index contributed by atoms with van der Waals surface area (Å²) in [6, 6.07) is 18.4. The molecular weight excluding hydrogens is 484 g/mol. The van der Waals surface area contributed by atoms with Crippen molar-refractivity contribution < 1.29 is 23.6 Å². The number of carbonyl (C=O) groups excluding carboxylic acids is 3. The van der Waals surface area contributed by atoms with Gasteiger partial charge in [0.15, 0.2) is 0 Å². The standard InChI is InChI=1S/C29H34N4O5/c1-2-24(26(35)29-31-27(32-38-29)22-13-7-4-8-14-22)30-28(36)23(15-9-12-21-10-5-3-6-11-21)20-25(34)33-16-18-37-19-17-33/h3-8,10-11,13-14,23-24H,2,9,12,15-20H2,1H3,(H,30,36)/t23?,24-/m0/s1. The Kier molecular flexibility index (Phi) is 9.75. The van der Waals surface area contributed by atoms with Crippen LogP contribution in [0.2, 0.25) is 0 Å². The molecule has 0 radical (unpaired) electrons. The van der Waals surface area contributed by atoms with E-state index in [1.807, 2.05) is 60.7 Å². The maximum absolute atomic E-state index is 13.4. The molecule has 2 amide bonds. The van der Waals surface area contributed by atoms with Gasteiger partial charge in [-0.15, -0.1) is 0 Å². The van der Waals surface area contributed by atoms with E-state index >= 15 is 0 Å². The Hall–Kier alpha value is -3.85. The van der Waals surface area contributed by atoms with Crippen molar-refractivity contribution in [2.45, 2.75) is 45.1 Å². The van der Waals surface area contributed by atoms with Crippen molar-refractivity contribution in [3.05, 3.63) is 72.1 Å². The van der Waals surface area contributed by atoms with Gasteiger partial charge >= 0.3 is 0 Å². The first kappa shape index (κ1) is 27.2. The summed E-state index contributed by atoms with van der Waals surface area (Å²) in [7, 11) is 0. The lowest BCUT2D eigenvalue weighted by atomic mass is 9.94. The topological polar surface area (TPSA) is 115 Å². The van der Waals surface area contributed by atoms with Crippen molar-refractivity contribution in [1.29, 1.82) is 0 Å². The molecule has 0 saturated carbocycles. The number of rotatable bonds is 12. The van der Waals surface area contributed by atoms with Crippen molar-refractivity contribution in [1.82, 2.24) is 20.4 Å². The molecule has 200 valence electrons. The van der Waals surface area contributed by atoms with Crippen LogP contribution < -0.4 is 5.32 Å². The van der Waals surface area contributed by atoms with Crippen molar-refractivity contribution >= 4 is 17.6 Å². The summed E-state index contributed by atoms with van der Waals surface area (Å²) < 4.78 is 10.6. The highest BCUT2D eigenvalue weighted by molar-refractivity contribution is 5.99. The highest BCUT2D eigenvalue weighted by Gasteiger charge is 2.31. The number of morpholine rings is 1. The fraction of sp³-hybridized carbons (Fsp3) is 0.414. The molecule has 1 saturated heterocycles. The molecule has 4 rings (SSSR count). The maximum Gasteiger partial charge on any atom is 0.296 e. The second-order valence-electron chi connectivity index (χ2n) is 9.39. The number of hydrogen-bond donors (Lipinski definition) is 1. The molecular formula is C29H34N4O5. The van der Waals surface area contributed by atoms with Crippen LogP contribution in [0.1, 0.15) is 48.9 Å². The number of Topliss-reactive ketones (excluding diaryl/α,β-unsaturated/α-hetero) is 1. The lowest BCUT2D eigenvalue weighted by Crippen LogP contribution is -2.46. The van der Waals surface area contributed by atoms with Crippen molar-refractivity contribution in [2.75, 3.05) is 26.3 Å². The Balaban J connectivity index is 1.42. The van der Waals surface area contributed by atoms with Gasteiger partial charge in [-0.1, -0.05) is 72.7 Å².